The molecular weight excluding hydrogens is 372 g/mol. The topological polar surface area (TPSA) is 39.4 Å². The van der Waals surface area contributed by atoms with Crippen molar-refractivity contribution in [1.29, 1.82) is 0 Å². The zero-order chi connectivity index (χ0) is 19.9. The lowest BCUT2D eigenvalue weighted by molar-refractivity contribution is 0.358. The number of hydrogen-bond acceptors (Lipinski definition) is 3. The molecule has 0 N–H and O–H groups in total. The van der Waals surface area contributed by atoms with Crippen molar-refractivity contribution in [3.63, 3.8) is 0 Å². The van der Waals surface area contributed by atoms with Gasteiger partial charge in [0.25, 0.3) is 0 Å². The van der Waals surface area contributed by atoms with E-state index in [1.165, 1.54) is 19.1 Å². The molecule has 0 atom stereocenters. The van der Waals surface area contributed by atoms with Gasteiger partial charge in [0, 0.05) is 11.1 Å². The zero-order valence-electron chi connectivity index (χ0n) is 16.2. The summed E-state index contributed by atoms with van der Waals surface area (Å²) < 4.78 is 11.6. The Balaban J connectivity index is 2.03. The molecule has 146 valence electrons. The number of halogens is 1. The molecule has 3 aromatic rings. The van der Waals surface area contributed by atoms with Gasteiger partial charge in [-0.15, -0.1) is 0 Å². The van der Waals surface area contributed by atoms with E-state index in [-0.39, 0.29) is 5.43 Å². The fourth-order valence-corrected chi connectivity index (χ4v) is 3.38. The predicted octanol–water partition coefficient (Wildman–Crippen LogP) is 6.80. The van der Waals surface area contributed by atoms with E-state index in [1.54, 1.807) is 18.2 Å². The lowest BCUT2D eigenvalue weighted by Crippen LogP contribution is -2.07. The number of benzene rings is 2. The highest BCUT2D eigenvalue weighted by molar-refractivity contribution is 6.30. The van der Waals surface area contributed by atoms with Crippen LogP contribution in [0.3, 0.4) is 0 Å². The maximum atomic E-state index is 13.1. The van der Waals surface area contributed by atoms with Crippen LogP contribution in [0.2, 0.25) is 5.02 Å². The van der Waals surface area contributed by atoms with Crippen molar-refractivity contribution in [2.45, 2.75) is 39.0 Å². The zero-order valence-corrected chi connectivity index (χ0v) is 16.9. The van der Waals surface area contributed by atoms with Crippen LogP contribution in [0.5, 0.6) is 5.75 Å². The average Bonchev–Trinajstić information content (AvgIpc) is 2.71. The van der Waals surface area contributed by atoms with E-state index < -0.39 is 0 Å². The number of hydrogen-bond donors (Lipinski definition) is 0. The van der Waals surface area contributed by atoms with Gasteiger partial charge in [-0.3, -0.25) is 4.79 Å². The highest BCUT2D eigenvalue weighted by atomic mass is 35.5. The van der Waals surface area contributed by atoms with Crippen molar-refractivity contribution in [2.24, 2.45) is 0 Å². The van der Waals surface area contributed by atoms with Crippen molar-refractivity contribution in [2.75, 3.05) is 6.61 Å². The molecule has 2 aromatic carbocycles. The van der Waals surface area contributed by atoms with E-state index in [4.69, 9.17) is 20.8 Å². The van der Waals surface area contributed by atoms with Crippen molar-refractivity contribution < 1.29 is 9.15 Å². The summed E-state index contributed by atoms with van der Waals surface area (Å²) in [5, 5.41) is 1.20. The first-order valence-corrected chi connectivity index (χ1v) is 10.1. The summed E-state index contributed by atoms with van der Waals surface area (Å²) >= 11 is 5.96. The number of unbranched alkanes of at least 4 members (excludes halogenated alkanes) is 3. The average molecular weight is 397 g/mol. The van der Waals surface area contributed by atoms with Gasteiger partial charge >= 0.3 is 0 Å². The van der Waals surface area contributed by atoms with Crippen LogP contribution in [0, 0.1) is 0 Å². The first-order valence-electron chi connectivity index (χ1n) is 9.72. The van der Waals surface area contributed by atoms with E-state index >= 15 is 0 Å². The van der Waals surface area contributed by atoms with E-state index in [0.29, 0.717) is 28.2 Å². The summed E-state index contributed by atoms with van der Waals surface area (Å²) in [6.45, 7) is 6.32. The van der Waals surface area contributed by atoms with Gasteiger partial charge in [-0.2, -0.15) is 0 Å². The molecule has 1 aromatic heterocycles. The minimum atomic E-state index is -0.0475. The van der Waals surface area contributed by atoms with Gasteiger partial charge in [-0.05, 0) is 42.2 Å². The largest absolute Gasteiger partial charge is 0.489 e. The SMILES string of the molecule is C=CCOc1cc2occ(-c3ccc(Cl)cc3)c(=O)c2cc1CCCCCC. The van der Waals surface area contributed by atoms with Gasteiger partial charge in [-0.1, -0.05) is 62.6 Å². The lowest BCUT2D eigenvalue weighted by atomic mass is 10.0. The summed E-state index contributed by atoms with van der Waals surface area (Å²) in [6, 6.07) is 10.9. The highest BCUT2D eigenvalue weighted by Gasteiger charge is 2.14. The molecular formula is C24H25ClO3. The van der Waals surface area contributed by atoms with Crippen LogP contribution in [-0.2, 0) is 6.42 Å². The van der Waals surface area contributed by atoms with Gasteiger partial charge in [0.05, 0.1) is 10.9 Å². The van der Waals surface area contributed by atoms with Crippen LogP contribution >= 0.6 is 11.6 Å². The molecule has 0 saturated heterocycles. The molecule has 0 spiro atoms. The molecule has 0 radical (unpaired) electrons. The number of aryl methyl sites for hydroxylation is 1. The number of fused-ring (bicyclic) bond motifs is 1. The fraction of sp³-hybridized carbons (Fsp3) is 0.292. The lowest BCUT2D eigenvalue weighted by Gasteiger charge is -2.12. The molecule has 3 rings (SSSR count). The van der Waals surface area contributed by atoms with Gasteiger partial charge in [-0.25, -0.2) is 0 Å². The predicted molar refractivity (Wildman–Crippen MR) is 116 cm³/mol. The molecule has 0 aliphatic heterocycles. The van der Waals surface area contributed by atoms with Crippen molar-refractivity contribution >= 4 is 22.6 Å². The third-order valence-electron chi connectivity index (χ3n) is 4.77. The summed E-state index contributed by atoms with van der Waals surface area (Å²) in [6.07, 6.45) is 8.70. The summed E-state index contributed by atoms with van der Waals surface area (Å²) in [5.41, 5.74) is 2.83. The Morgan fingerprint density at radius 2 is 1.93 bits per heavy atom. The Labute approximate surface area is 170 Å². The minimum absolute atomic E-state index is 0.0475. The molecule has 0 unspecified atom stereocenters. The molecule has 0 saturated carbocycles. The highest BCUT2D eigenvalue weighted by Crippen LogP contribution is 2.29. The first kappa shape index (κ1) is 20.2. The Hall–Kier alpha value is -2.52. The van der Waals surface area contributed by atoms with Gasteiger partial charge in [0.1, 0.15) is 24.2 Å². The van der Waals surface area contributed by atoms with Crippen LogP contribution in [0.25, 0.3) is 22.1 Å². The van der Waals surface area contributed by atoms with Crippen LogP contribution in [-0.4, -0.2) is 6.61 Å². The van der Waals surface area contributed by atoms with E-state index in [1.807, 2.05) is 24.3 Å². The summed E-state index contributed by atoms with van der Waals surface area (Å²) in [5.74, 6) is 0.756. The quantitative estimate of drug-likeness (QED) is 0.295. The fourth-order valence-electron chi connectivity index (χ4n) is 3.25. The second-order valence-corrected chi connectivity index (χ2v) is 7.29. The maximum Gasteiger partial charge on any atom is 0.200 e. The number of ether oxygens (including phenoxy) is 1. The minimum Gasteiger partial charge on any atom is -0.489 e. The molecule has 0 bridgehead atoms. The van der Waals surface area contributed by atoms with Gasteiger partial charge < -0.3 is 9.15 Å². The van der Waals surface area contributed by atoms with Crippen LogP contribution in [0.15, 0.2) is 64.5 Å². The van der Waals surface area contributed by atoms with Gasteiger partial charge in [0.2, 0.25) is 5.43 Å². The first-order chi connectivity index (χ1) is 13.6. The Morgan fingerprint density at radius 3 is 2.64 bits per heavy atom. The molecule has 28 heavy (non-hydrogen) atoms. The summed E-state index contributed by atoms with van der Waals surface area (Å²) in [7, 11) is 0. The molecule has 0 aliphatic carbocycles. The van der Waals surface area contributed by atoms with Crippen LogP contribution in [0.4, 0.5) is 0 Å². The monoisotopic (exact) mass is 396 g/mol. The third kappa shape index (κ3) is 4.66. The Kier molecular flexibility index (Phi) is 6.94. The maximum absolute atomic E-state index is 13.1. The second kappa shape index (κ2) is 9.61. The molecule has 0 aliphatic rings. The molecule has 1 heterocycles. The van der Waals surface area contributed by atoms with Crippen LogP contribution < -0.4 is 10.2 Å². The molecule has 3 nitrogen and oxygen atoms in total. The van der Waals surface area contributed by atoms with E-state index in [9.17, 15) is 4.79 Å². The third-order valence-corrected chi connectivity index (χ3v) is 5.02. The van der Waals surface area contributed by atoms with E-state index in [0.717, 1.165) is 36.1 Å². The van der Waals surface area contributed by atoms with Crippen molar-refractivity contribution in [3.8, 4) is 16.9 Å². The van der Waals surface area contributed by atoms with E-state index in [2.05, 4.69) is 13.5 Å². The van der Waals surface area contributed by atoms with Crippen LogP contribution in [0.1, 0.15) is 38.2 Å². The summed E-state index contributed by atoms with van der Waals surface area (Å²) in [4.78, 5) is 13.1. The standard InChI is InChI=1S/C24H25ClO3/c1-3-5-6-7-8-18-14-20-23(15-22(18)27-13-4-2)28-16-21(24(20)26)17-9-11-19(25)12-10-17/h4,9-12,14-16H,2-3,5-8,13H2,1H3. The van der Waals surface area contributed by atoms with Crippen molar-refractivity contribution in [3.05, 3.63) is 76.1 Å². The second-order valence-electron chi connectivity index (χ2n) is 6.85. The number of rotatable bonds is 9. The van der Waals surface area contributed by atoms with Gasteiger partial charge in [0.15, 0.2) is 0 Å². The molecule has 0 fully saturated rings. The normalized spacial score (nSPS) is 10.9. The molecule has 4 heteroatoms. The smallest absolute Gasteiger partial charge is 0.200 e. The Bertz CT molecular complexity index is 1000. The van der Waals surface area contributed by atoms with Crippen molar-refractivity contribution in [1.82, 2.24) is 0 Å². The molecule has 0 amide bonds. The Morgan fingerprint density at radius 1 is 1.14 bits per heavy atom.